The lowest BCUT2D eigenvalue weighted by atomic mass is 9.81. The SMILES string of the molecule is CC1(C)c2cc(-c3cc4c(-c5ccccc5)c(-c5ccccc5)n(-c5cccc6ccccc56)c4c4ccccc34)ccc2-c2ccc(N(c3ccc(-c4ccccc4)cc3)c3ccc(-c4ccccc4)cc3)cc21. The van der Waals surface area contributed by atoms with Crippen molar-refractivity contribution in [1.29, 1.82) is 0 Å². The van der Waals surface area contributed by atoms with Crippen LogP contribution < -0.4 is 4.90 Å². The molecule has 1 aliphatic rings. The van der Waals surface area contributed by atoms with Gasteiger partial charge in [0.05, 0.1) is 16.9 Å². The number of hydrogen-bond acceptors (Lipinski definition) is 1. The molecule has 0 bridgehead atoms. The molecule has 1 heterocycles. The summed E-state index contributed by atoms with van der Waals surface area (Å²) in [6.45, 7) is 4.81. The van der Waals surface area contributed by atoms with Crippen LogP contribution in [0.15, 0.2) is 279 Å². The van der Waals surface area contributed by atoms with Crippen LogP contribution in [0.2, 0.25) is 0 Å². The molecule has 0 amide bonds. The highest BCUT2D eigenvalue weighted by molar-refractivity contribution is 6.20. The second-order valence-corrected chi connectivity index (χ2v) is 20.4. The highest BCUT2D eigenvalue weighted by atomic mass is 15.1. The minimum Gasteiger partial charge on any atom is -0.310 e. The van der Waals surface area contributed by atoms with E-state index < -0.39 is 0 Å². The Bertz CT molecular complexity index is 4180. The van der Waals surface area contributed by atoms with Crippen LogP contribution >= 0.6 is 0 Å². The minimum atomic E-state index is -0.288. The van der Waals surface area contributed by atoms with Crippen LogP contribution in [0.1, 0.15) is 25.0 Å². The van der Waals surface area contributed by atoms with Crippen molar-refractivity contribution in [3.05, 3.63) is 290 Å². The van der Waals surface area contributed by atoms with Gasteiger partial charge >= 0.3 is 0 Å². The molecule has 0 radical (unpaired) electrons. The first-order chi connectivity index (χ1) is 37.0. The van der Waals surface area contributed by atoms with Crippen LogP contribution in [0.4, 0.5) is 17.1 Å². The number of rotatable bonds is 9. The second-order valence-electron chi connectivity index (χ2n) is 20.4. The van der Waals surface area contributed by atoms with E-state index in [0.717, 1.165) is 17.1 Å². The van der Waals surface area contributed by atoms with Gasteiger partial charge in [-0.25, -0.2) is 0 Å². The number of hydrogen-bond donors (Lipinski definition) is 0. The highest BCUT2D eigenvalue weighted by Gasteiger charge is 2.37. The first kappa shape index (κ1) is 44.2. The Kier molecular flexibility index (Phi) is 10.6. The van der Waals surface area contributed by atoms with Crippen molar-refractivity contribution in [2.24, 2.45) is 0 Å². The second kappa shape index (κ2) is 17.9. The van der Waals surface area contributed by atoms with E-state index in [1.807, 2.05) is 0 Å². The molecule has 0 fully saturated rings. The van der Waals surface area contributed by atoms with Crippen LogP contribution in [-0.4, -0.2) is 4.57 Å². The van der Waals surface area contributed by atoms with Crippen molar-refractivity contribution in [3.8, 4) is 72.6 Å². The van der Waals surface area contributed by atoms with Crippen LogP contribution in [0.25, 0.3) is 105 Å². The van der Waals surface area contributed by atoms with Crippen LogP contribution in [0.5, 0.6) is 0 Å². The zero-order chi connectivity index (χ0) is 50.0. The molecule has 2 heteroatoms. The first-order valence-electron chi connectivity index (χ1n) is 26.1. The molecule has 2 nitrogen and oxygen atoms in total. The van der Waals surface area contributed by atoms with E-state index in [1.54, 1.807) is 0 Å². The Morgan fingerprint density at radius 1 is 0.307 bits per heavy atom. The molecule has 0 unspecified atom stereocenters. The van der Waals surface area contributed by atoms with Gasteiger partial charge in [-0.15, -0.1) is 0 Å². The molecule has 0 N–H and O–H groups in total. The summed E-state index contributed by atoms with van der Waals surface area (Å²) in [6.07, 6.45) is 0. The summed E-state index contributed by atoms with van der Waals surface area (Å²) in [5.41, 5.74) is 22.7. The molecule has 13 aromatic rings. The van der Waals surface area contributed by atoms with E-state index >= 15 is 0 Å². The summed E-state index contributed by atoms with van der Waals surface area (Å²) in [4.78, 5) is 2.41. The topological polar surface area (TPSA) is 8.17 Å². The van der Waals surface area contributed by atoms with Crippen LogP contribution in [0, 0.1) is 0 Å². The fraction of sp³-hybridized carbons (Fsp3) is 0.0411. The smallest absolute Gasteiger partial charge is 0.0620 e. The molecule has 0 spiro atoms. The molecular weight excluding hydrogens is 905 g/mol. The lowest BCUT2D eigenvalue weighted by Crippen LogP contribution is -2.16. The summed E-state index contributed by atoms with van der Waals surface area (Å²) < 4.78 is 2.56. The van der Waals surface area contributed by atoms with E-state index in [1.165, 1.54) is 116 Å². The lowest BCUT2D eigenvalue weighted by Gasteiger charge is -2.28. The summed E-state index contributed by atoms with van der Waals surface area (Å²) in [7, 11) is 0. The maximum atomic E-state index is 2.56. The van der Waals surface area contributed by atoms with Gasteiger partial charge in [-0.05, 0) is 132 Å². The van der Waals surface area contributed by atoms with Gasteiger partial charge in [0, 0.05) is 44.2 Å². The van der Waals surface area contributed by atoms with E-state index in [4.69, 9.17) is 0 Å². The van der Waals surface area contributed by atoms with Crippen molar-refractivity contribution in [3.63, 3.8) is 0 Å². The molecule has 14 rings (SSSR count). The predicted octanol–water partition coefficient (Wildman–Crippen LogP) is 20.0. The molecule has 1 aromatic heterocycles. The maximum absolute atomic E-state index is 2.56. The van der Waals surface area contributed by atoms with Crippen molar-refractivity contribution in [1.82, 2.24) is 4.57 Å². The maximum Gasteiger partial charge on any atom is 0.0620 e. The standard InChI is InChI=1S/C73H52N2/c1-73(2)67-46-56(38-44-62(67)63-45-43-59(47-68(63)73)74(57-39-34-51(35-40-57)49-20-7-3-8-21-49)58-41-36-52(37-42-58)50-22-9-4-10-23-50)65-48-66-70(54-25-11-5-12-26-54)71(55-27-13-6-14-28-55)75(72(66)64-32-18-17-31-61(64)65)69-33-19-29-53-24-15-16-30-60(53)69/h3-48H,1-2H3. The van der Waals surface area contributed by atoms with Gasteiger partial charge in [0.25, 0.3) is 0 Å². The number of anilines is 3. The van der Waals surface area contributed by atoms with Crippen LogP contribution in [0.3, 0.4) is 0 Å². The van der Waals surface area contributed by atoms with E-state index in [-0.39, 0.29) is 5.41 Å². The average molecular weight is 957 g/mol. The largest absolute Gasteiger partial charge is 0.310 e. The van der Waals surface area contributed by atoms with Crippen molar-refractivity contribution < 1.29 is 0 Å². The third kappa shape index (κ3) is 7.40. The van der Waals surface area contributed by atoms with Crippen molar-refractivity contribution in [2.75, 3.05) is 4.90 Å². The molecule has 1 aliphatic carbocycles. The number of benzene rings is 12. The van der Waals surface area contributed by atoms with E-state index in [2.05, 4.69) is 302 Å². The molecule has 12 aromatic carbocycles. The third-order valence-electron chi connectivity index (χ3n) is 15.8. The van der Waals surface area contributed by atoms with E-state index in [0.29, 0.717) is 0 Å². The zero-order valence-electron chi connectivity index (χ0n) is 42.0. The first-order valence-corrected chi connectivity index (χ1v) is 26.1. The van der Waals surface area contributed by atoms with Gasteiger partial charge in [0.1, 0.15) is 0 Å². The predicted molar refractivity (Wildman–Crippen MR) is 318 cm³/mol. The third-order valence-corrected chi connectivity index (χ3v) is 15.8. The summed E-state index contributed by atoms with van der Waals surface area (Å²) >= 11 is 0. The number of aromatic nitrogens is 1. The van der Waals surface area contributed by atoms with Gasteiger partial charge < -0.3 is 9.47 Å². The Balaban J connectivity index is 0.931. The molecule has 354 valence electrons. The molecule has 0 atom stereocenters. The Labute approximate surface area is 438 Å². The van der Waals surface area contributed by atoms with Crippen molar-refractivity contribution in [2.45, 2.75) is 19.3 Å². The van der Waals surface area contributed by atoms with Gasteiger partial charge in [-0.3, -0.25) is 0 Å². The Morgan fingerprint density at radius 2 is 0.760 bits per heavy atom. The molecular formula is C73H52N2. The van der Waals surface area contributed by atoms with Gasteiger partial charge in [-0.2, -0.15) is 0 Å². The Hall–Kier alpha value is -9.50. The molecule has 0 saturated carbocycles. The van der Waals surface area contributed by atoms with Crippen LogP contribution in [-0.2, 0) is 5.41 Å². The average Bonchev–Trinajstić information content (AvgIpc) is 3.98. The van der Waals surface area contributed by atoms with Gasteiger partial charge in [0.2, 0.25) is 0 Å². The minimum absolute atomic E-state index is 0.288. The van der Waals surface area contributed by atoms with E-state index in [9.17, 15) is 0 Å². The lowest BCUT2D eigenvalue weighted by molar-refractivity contribution is 0.660. The normalized spacial score (nSPS) is 12.5. The molecule has 75 heavy (non-hydrogen) atoms. The Morgan fingerprint density at radius 3 is 1.37 bits per heavy atom. The van der Waals surface area contributed by atoms with Crippen molar-refractivity contribution >= 4 is 49.5 Å². The molecule has 0 saturated heterocycles. The fourth-order valence-electron chi connectivity index (χ4n) is 12.1. The number of nitrogens with zero attached hydrogens (tertiary/aromatic N) is 2. The van der Waals surface area contributed by atoms with Gasteiger partial charge in [-0.1, -0.05) is 238 Å². The zero-order valence-corrected chi connectivity index (χ0v) is 42.0. The quantitative estimate of drug-likeness (QED) is 0.140. The summed E-state index contributed by atoms with van der Waals surface area (Å²) in [5, 5.41) is 6.11. The monoisotopic (exact) mass is 956 g/mol. The summed E-state index contributed by atoms with van der Waals surface area (Å²) in [6, 6.07) is 103. The summed E-state index contributed by atoms with van der Waals surface area (Å²) in [5.74, 6) is 0. The fourth-order valence-corrected chi connectivity index (χ4v) is 12.1. The highest BCUT2D eigenvalue weighted by Crippen LogP contribution is 2.53. The van der Waals surface area contributed by atoms with Gasteiger partial charge in [0.15, 0.2) is 0 Å². The molecule has 0 aliphatic heterocycles. The number of fused-ring (bicyclic) bond motifs is 7.